The Balaban J connectivity index is 0.000000158. The van der Waals surface area contributed by atoms with Crippen LogP contribution < -0.4 is 5.73 Å². The number of hydrogen-bond acceptors (Lipinski definition) is 4. The van der Waals surface area contributed by atoms with Crippen LogP contribution in [0.5, 0.6) is 0 Å². The van der Waals surface area contributed by atoms with Crippen LogP contribution in [0.25, 0.3) is 0 Å². The standard InChI is InChI=1S/C31H47O2.C30H46NO.C30H48N.3Y/c1-19(2)21-12-16-31(26(32)33)18-17-29(7)22(25(21)31)9-10-24-28(6)14-11-20(3)27(4,5)23(28)13-15-30(24,29)8;1-19(2)21-12-16-30(31-32)18-17-28(7)22(25(21)30)9-10-24-27(6)14-11-20(3)26(4,5)23(27)13-15-29(24,28)8;1-19(2)21-12-16-30(31)18-17-28(7)22(25(21)30)9-10-24-27(6)14-11-20(3)26(4,5)23(27)13-15-29(24,28)8;;;/h11,21-25H,1,3,9-10,12-18H2,2,4-8H3,(H,32,33);11,21-25H,1,3,9-10,12-18H2,2,4-8H3;11,21-25H,1,3,9-10,12-18,31H2,2,4-8H3;;;/q3*-1;;;/t21-,22+,23-,24+,25+,28-,29+,30+,31-;2*21-,22+,23-,24+,25+,27-,28+,29+,30-;;;/m000.../s1. The van der Waals surface area contributed by atoms with Gasteiger partial charge < -0.3 is 10.8 Å². The number of carboxylic acids is 1. The Labute approximate surface area is 683 Å². The third kappa shape index (κ3) is 11.0. The molecule has 27 atom stereocenters. The molecule has 0 aromatic rings. The fourth-order valence-corrected chi connectivity index (χ4v) is 33.0. The monoisotopic (exact) mass is 1580 g/mol. The molecule has 12 fully saturated rings. The van der Waals surface area contributed by atoms with Crippen LogP contribution in [0.1, 0.15) is 298 Å². The molecule has 0 saturated heterocycles. The largest absolute Gasteiger partial charge is 0.481 e. The molecule has 15 aliphatic rings. The number of nitroso groups, excluding NO2 is 1. The fraction of sp³-hybridized carbons (Fsp3) is 0.824. The minimum Gasteiger partial charge on any atom is -0.481 e. The minimum absolute atomic E-state index is 0. The maximum Gasteiger partial charge on any atom is 0.309 e. The quantitative estimate of drug-likeness (QED) is 0.163. The van der Waals surface area contributed by atoms with E-state index in [9.17, 15) is 14.8 Å². The summed E-state index contributed by atoms with van der Waals surface area (Å²) < 4.78 is 0. The maximum absolute atomic E-state index is 12.8. The van der Waals surface area contributed by atoms with E-state index in [0.29, 0.717) is 91.2 Å². The fourth-order valence-electron chi connectivity index (χ4n) is 33.0. The van der Waals surface area contributed by atoms with E-state index in [-0.39, 0.29) is 142 Å². The van der Waals surface area contributed by atoms with Crippen LogP contribution in [-0.2, 0) is 103 Å². The van der Waals surface area contributed by atoms with Crippen LogP contribution in [0, 0.1) is 185 Å². The molecule has 5 nitrogen and oxygen atoms in total. The third-order valence-electron chi connectivity index (χ3n) is 39.1. The van der Waals surface area contributed by atoms with Crippen molar-refractivity contribution >= 4 is 5.97 Å². The Morgan fingerprint density at radius 1 is 0.404 bits per heavy atom. The van der Waals surface area contributed by atoms with Crippen LogP contribution in [0.4, 0.5) is 0 Å². The Morgan fingerprint density at radius 3 is 1.10 bits per heavy atom. The molecule has 3 N–H and O–H groups in total. The molecular weight excluding hydrogens is 1440 g/mol. The van der Waals surface area contributed by atoms with Crippen LogP contribution in [0.3, 0.4) is 0 Å². The van der Waals surface area contributed by atoms with Crippen molar-refractivity contribution in [2.75, 3.05) is 0 Å². The van der Waals surface area contributed by atoms with Crippen LogP contribution in [0.2, 0.25) is 0 Å². The van der Waals surface area contributed by atoms with Gasteiger partial charge in [0.1, 0.15) is 5.54 Å². The molecule has 0 unspecified atom stereocenters. The average Bonchev–Trinajstić information content (AvgIpc) is 1.58. The number of rotatable bonds is 5. The molecule has 15 rings (SSSR count). The second-order valence-corrected chi connectivity index (χ2v) is 42.4. The Kier molecular flexibility index (Phi) is 22.0. The zero-order valence-corrected chi connectivity index (χ0v) is 75.3. The zero-order chi connectivity index (χ0) is 70.1. The van der Waals surface area contributed by atoms with Crippen molar-refractivity contribution in [3.63, 3.8) is 0 Å². The first-order valence-electron chi connectivity index (χ1n) is 40.3. The third-order valence-corrected chi connectivity index (χ3v) is 39.1. The molecule has 8 heteroatoms. The van der Waals surface area contributed by atoms with Gasteiger partial charge in [0.2, 0.25) is 0 Å². The van der Waals surface area contributed by atoms with Crippen molar-refractivity contribution < 1.29 is 108 Å². The van der Waals surface area contributed by atoms with E-state index >= 15 is 0 Å². The van der Waals surface area contributed by atoms with E-state index in [1.54, 1.807) is 0 Å². The van der Waals surface area contributed by atoms with Crippen molar-refractivity contribution in [2.45, 2.75) is 309 Å². The van der Waals surface area contributed by atoms with Gasteiger partial charge >= 0.3 is 5.97 Å². The Bertz CT molecular complexity index is 3300. The van der Waals surface area contributed by atoms with Gasteiger partial charge in [-0.15, -0.1) is 0 Å². The first-order chi connectivity index (χ1) is 44.4. The van der Waals surface area contributed by atoms with Crippen molar-refractivity contribution in [2.24, 2.45) is 170 Å². The van der Waals surface area contributed by atoms with E-state index in [0.717, 1.165) is 81.0 Å². The van der Waals surface area contributed by atoms with Gasteiger partial charge in [-0.3, -0.25) is 4.79 Å². The summed E-state index contributed by atoms with van der Waals surface area (Å²) in [5.41, 5.74) is 18.1. The summed E-state index contributed by atoms with van der Waals surface area (Å²) in [5, 5.41) is 14.4. The molecule has 15 aliphatic carbocycles. The molecule has 0 amide bonds. The first kappa shape index (κ1) is 81.9. The van der Waals surface area contributed by atoms with Crippen LogP contribution in [-0.4, -0.2) is 22.2 Å². The number of nitrogens with zero attached hydrogens (tertiary/aromatic N) is 1. The molecule has 0 heterocycles. The van der Waals surface area contributed by atoms with Gasteiger partial charge in [0.05, 0.1) is 5.41 Å². The number of allylic oxidation sites excluding steroid dienone is 9. The van der Waals surface area contributed by atoms with Gasteiger partial charge in [-0.1, -0.05) is 165 Å². The number of carbonyl (C=O) groups is 1. The number of nitrogens with two attached hydrogens (primary N) is 1. The van der Waals surface area contributed by atoms with Crippen LogP contribution in [0.15, 0.2) is 76.6 Å². The van der Waals surface area contributed by atoms with E-state index in [1.807, 2.05) is 0 Å². The summed E-state index contributed by atoms with van der Waals surface area (Å²) >= 11 is 0. The molecule has 0 bridgehead atoms. The summed E-state index contributed by atoms with van der Waals surface area (Å²) in [6, 6.07) is 0. The van der Waals surface area contributed by atoms with Crippen molar-refractivity contribution in [3.05, 3.63) is 97.1 Å². The summed E-state index contributed by atoms with van der Waals surface area (Å²) in [4.78, 5) is 25.1. The molecular formula is C91H141N2O3Y3-3. The maximum atomic E-state index is 12.8. The predicted octanol–water partition coefficient (Wildman–Crippen LogP) is 24.4. The molecule has 12 saturated carbocycles. The minimum atomic E-state index is -0.525. The normalized spacial score (nSPS) is 52.2. The van der Waals surface area contributed by atoms with Gasteiger partial charge in [-0.2, -0.15) is 4.91 Å². The number of aliphatic carboxylic acids is 1. The summed E-state index contributed by atoms with van der Waals surface area (Å²) in [6.07, 6.45) is 40.0. The smallest absolute Gasteiger partial charge is 0.309 e. The van der Waals surface area contributed by atoms with Gasteiger partial charge in [-0.05, 0) is 329 Å². The second-order valence-electron chi connectivity index (χ2n) is 42.4. The van der Waals surface area contributed by atoms with Gasteiger partial charge in [-0.25, -0.2) is 55.7 Å². The summed E-state index contributed by atoms with van der Waals surface area (Å²) in [5.74, 6) is 8.64. The number of carboxylic acid groups (broad SMARTS) is 1. The van der Waals surface area contributed by atoms with Gasteiger partial charge in [0.15, 0.2) is 0 Å². The van der Waals surface area contributed by atoms with E-state index in [1.165, 1.54) is 155 Å². The molecule has 0 aromatic heterocycles. The molecule has 3 radical (unpaired) electrons. The Hall–Kier alpha value is 0.392. The number of hydrogen-bond donors (Lipinski definition) is 2. The summed E-state index contributed by atoms with van der Waals surface area (Å²) in [6.45, 7) is 71.7. The van der Waals surface area contributed by atoms with Gasteiger partial charge in [0, 0.05) is 104 Å². The average molecular weight is 1580 g/mol. The molecule has 99 heavy (non-hydrogen) atoms. The second kappa shape index (κ2) is 26.6. The van der Waals surface area contributed by atoms with E-state index in [2.05, 4.69) is 189 Å². The number of fused-ring (bicyclic) bond motifs is 21. The molecule has 0 aromatic carbocycles. The Morgan fingerprint density at radius 2 is 0.727 bits per heavy atom. The van der Waals surface area contributed by atoms with E-state index in [4.69, 9.17) is 5.73 Å². The summed E-state index contributed by atoms with van der Waals surface area (Å²) in [7, 11) is 0. The SMILES string of the molecule is C=C(C)[C@@H]1CC[C@]2(C(=O)O)CC[C@]3(C)[C@H](CC[C@@H]4[C@@]5(C)CC=C([CH2-])C(C)(C)[C@@H]5CC[C@]43C)[C@@H]12.C=C(C)[C@@H]1CC[C@]2(N)CC[C@]3(C)[C@H](CC[C@@H]4[C@@]5(C)CC=C([CH2-])C(C)(C)[C@@H]5CC[C@]43C)[C@@H]12.C=C(C)[C@@H]1CC[C@]2(N=O)CC[C@]3(C)[C@H](CC[C@@H]4[C@@]5(C)CC=C([CH2-])C(C)(C)[C@@H]5CC[C@]43C)[C@@H]12.[Y].[Y].[Y]. The van der Waals surface area contributed by atoms with E-state index < -0.39 is 11.4 Å². The van der Waals surface area contributed by atoms with Crippen molar-refractivity contribution in [1.82, 2.24) is 0 Å². The van der Waals surface area contributed by atoms with Gasteiger partial charge in [0.25, 0.3) is 0 Å². The van der Waals surface area contributed by atoms with Crippen LogP contribution >= 0.6 is 0 Å². The van der Waals surface area contributed by atoms with Crippen molar-refractivity contribution in [1.29, 1.82) is 0 Å². The van der Waals surface area contributed by atoms with Crippen molar-refractivity contribution in [3.8, 4) is 0 Å². The molecule has 0 spiro atoms. The molecule has 0 aliphatic heterocycles. The predicted molar refractivity (Wildman–Crippen MR) is 402 cm³/mol. The zero-order valence-electron chi connectivity index (χ0n) is 66.7. The molecule has 545 valence electrons. The first-order valence-corrected chi connectivity index (χ1v) is 40.3. The topological polar surface area (TPSA) is 92.8 Å².